The van der Waals surface area contributed by atoms with Gasteiger partial charge in [0.25, 0.3) is 5.56 Å². The first-order valence-electron chi connectivity index (χ1n) is 9.21. The molecular weight excluding hydrogens is 260 g/mol. The van der Waals surface area contributed by atoms with E-state index in [1.165, 1.54) is 6.92 Å². The van der Waals surface area contributed by atoms with Crippen LogP contribution in [0.3, 0.4) is 0 Å². The van der Waals surface area contributed by atoms with Crippen LogP contribution < -0.4 is 11.2 Å². The van der Waals surface area contributed by atoms with Gasteiger partial charge < -0.3 is 9.36 Å². The van der Waals surface area contributed by atoms with Crippen molar-refractivity contribution in [3.05, 3.63) is 27.1 Å². The van der Waals surface area contributed by atoms with Gasteiger partial charge in [-0.25, -0.2) is 9.78 Å². The van der Waals surface area contributed by atoms with Crippen molar-refractivity contribution in [2.45, 2.75) is 32.7 Å². The van der Waals surface area contributed by atoms with Crippen molar-refractivity contribution in [3.63, 3.8) is 0 Å². The molecule has 0 aliphatic heterocycles. The molecule has 0 amide bonds. The fourth-order valence-corrected chi connectivity index (χ4v) is 1.94. The molecule has 0 aromatic carbocycles. The van der Waals surface area contributed by atoms with Gasteiger partial charge in [-0.1, -0.05) is 0 Å². The van der Waals surface area contributed by atoms with Gasteiger partial charge in [-0.3, -0.25) is 13.9 Å². The molecule has 0 saturated carbocycles. The Labute approximate surface area is 123 Å². The molecule has 0 aliphatic rings. The van der Waals surface area contributed by atoms with Crippen molar-refractivity contribution in [1.29, 1.82) is 0 Å². The Morgan fingerprint density at radius 3 is 2.90 bits per heavy atom. The Morgan fingerprint density at radius 2 is 2.25 bits per heavy atom. The summed E-state index contributed by atoms with van der Waals surface area (Å²) in [6.45, 7) is -3.46. The summed E-state index contributed by atoms with van der Waals surface area (Å²) in [5, 5.41) is 0. The summed E-state index contributed by atoms with van der Waals surface area (Å²) in [5.74, 6) is -0.0399. The van der Waals surface area contributed by atoms with Crippen molar-refractivity contribution in [3.8, 4) is 0 Å². The Bertz CT molecular complexity index is 956. The van der Waals surface area contributed by atoms with Crippen LogP contribution in [0.25, 0.3) is 11.2 Å². The molecule has 2 heterocycles. The molecule has 0 N–H and O–H groups in total. The van der Waals surface area contributed by atoms with Crippen LogP contribution in [-0.2, 0) is 25.3 Å². The van der Waals surface area contributed by atoms with Gasteiger partial charge in [0.15, 0.2) is 11.2 Å². The minimum absolute atomic E-state index is 0.0399. The summed E-state index contributed by atoms with van der Waals surface area (Å²) in [4.78, 5) is 39.8. The van der Waals surface area contributed by atoms with Crippen molar-refractivity contribution < 1.29 is 13.0 Å². The fraction of sp³-hybridized carbons (Fsp3) is 0.538. The molecule has 2 aromatic heterocycles. The zero-order valence-corrected chi connectivity index (χ0v) is 10.9. The number of aryl methyl sites for hydroxylation is 2. The smallest absolute Gasteiger partial charge is 0.328 e. The quantitative estimate of drug-likeness (QED) is 0.734. The third-order valence-corrected chi connectivity index (χ3v) is 2.96. The van der Waals surface area contributed by atoms with E-state index in [2.05, 4.69) is 4.98 Å². The van der Waals surface area contributed by atoms with Crippen LogP contribution in [0.15, 0.2) is 15.9 Å². The number of unbranched alkanes of at least 4 members (excludes halogenated alkanes) is 1. The Hall–Kier alpha value is -2.18. The standard InChI is InChI=1S/C13H18N4O3/c1-9(18)6-4-5-7-17-12(19)10-11(14-8-15(10)2)16(3)13(17)20/h8H,4-7H2,1-3H3/i2D3,3D2,8D. The van der Waals surface area contributed by atoms with Crippen LogP contribution >= 0.6 is 0 Å². The molecule has 0 fully saturated rings. The summed E-state index contributed by atoms with van der Waals surface area (Å²) < 4.78 is 47.0. The first kappa shape index (κ1) is 8.18. The molecule has 0 aliphatic carbocycles. The van der Waals surface area contributed by atoms with Gasteiger partial charge in [0.05, 0.1) is 6.30 Å². The highest BCUT2D eigenvalue weighted by Crippen LogP contribution is 2.04. The number of Topliss-reactive ketones (excluding diaryl/α,β-unsaturated/α-hetero) is 1. The number of imidazole rings is 1. The van der Waals surface area contributed by atoms with E-state index in [0.29, 0.717) is 22.0 Å². The molecule has 108 valence electrons. The van der Waals surface area contributed by atoms with Crippen molar-refractivity contribution in [1.82, 2.24) is 18.7 Å². The highest BCUT2D eigenvalue weighted by Gasteiger charge is 2.14. The minimum atomic E-state index is -2.89. The van der Waals surface area contributed by atoms with E-state index in [9.17, 15) is 14.4 Å². The molecule has 0 atom stereocenters. The van der Waals surface area contributed by atoms with Gasteiger partial charge >= 0.3 is 5.69 Å². The largest absolute Gasteiger partial charge is 0.332 e. The van der Waals surface area contributed by atoms with Gasteiger partial charge in [0.1, 0.15) is 7.15 Å². The maximum absolute atomic E-state index is 12.7. The molecular formula is C13H18N4O3. The molecule has 0 radical (unpaired) electrons. The minimum Gasteiger partial charge on any atom is -0.328 e. The number of aromatic nitrogens is 4. The highest BCUT2D eigenvalue weighted by atomic mass is 16.2. The number of fused-ring (bicyclic) bond motifs is 1. The number of hydrogen-bond donors (Lipinski definition) is 0. The maximum Gasteiger partial charge on any atom is 0.332 e. The van der Waals surface area contributed by atoms with Crippen LogP contribution in [0.4, 0.5) is 0 Å². The van der Waals surface area contributed by atoms with E-state index in [0.717, 1.165) is 4.57 Å². The molecule has 7 heteroatoms. The lowest BCUT2D eigenvalue weighted by Crippen LogP contribution is -2.39. The number of carbonyl (C=O) groups excluding carboxylic acids is 1. The Balaban J connectivity index is 2.72. The maximum atomic E-state index is 12.7. The van der Waals surface area contributed by atoms with E-state index in [4.69, 9.17) is 8.22 Å². The second-order valence-electron chi connectivity index (χ2n) is 4.49. The molecule has 2 rings (SSSR count). The van der Waals surface area contributed by atoms with Gasteiger partial charge in [-0.2, -0.15) is 0 Å². The molecule has 20 heavy (non-hydrogen) atoms. The van der Waals surface area contributed by atoms with E-state index in [1.807, 2.05) is 0 Å². The van der Waals surface area contributed by atoms with Crippen molar-refractivity contribution in [2.24, 2.45) is 14.0 Å². The molecule has 7 nitrogen and oxygen atoms in total. The van der Waals surface area contributed by atoms with Gasteiger partial charge in [-0.15, -0.1) is 0 Å². The predicted molar refractivity (Wildman–Crippen MR) is 74.7 cm³/mol. The zero-order valence-electron chi connectivity index (χ0n) is 16.9. The van der Waals surface area contributed by atoms with E-state index in [1.54, 1.807) is 0 Å². The SMILES string of the molecule is [2H]c1nc2c(c(=O)n(CCCCC(C)=O)c(=O)n2C([2H])[2H])n1C([2H])([2H])[2H]. The number of ketones is 1. The number of hydrogen-bond acceptors (Lipinski definition) is 4. The van der Waals surface area contributed by atoms with Crippen LogP contribution in [0.1, 0.15) is 34.4 Å². The highest BCUT2D eigenvalue weighted by molar-refractivity contribution is 5.75. The molecule has 0 saturated heterocycles. The zero-order chi connectivity index (χ0) is 19.8. The lowest BCUT2D eigenvalue weighted by Gasteiger charge is -2.08. The lowest BCUT2D eigenvalue weighted by molar-refractivity contribution is -0.117. The van der Waals surface area contributed by atoms with Crippen molar-refractivity contribution in [2.75, 3.05) is 0 Å². The van der Waals surface area contributed by atoms with Gasteiger partial charge in [0.2, 0.25) is 0 Å². The van der Waals surface area contributed by atoms with E-state index >= 15 is 0 Å². The normalized spacial score (nSPS) is 16.3. The number of nitrogens with zero attached hydrogens (tertiary/aromatic N) is 4. The molecule has 0 bridgehead atoms. The number of carbonyl (C=O) groups is 1. The Kier molecular flexibility index (Phi) is 2.23. The summed E-state index contributed by atoms with van der Waals surface area (Å²) in [5.41, 5.74) is -2.93. The lowest BCUT2D eigenvalue weighted by atomic mass is 10.2. The summed E-state index contributed by atoms with van der Waals surface area (Å²) in [6.07, 6.45) is 0.234. The fourth-order valence-electron chi connectivity index (χ4n) is 1.94. The molecule has 2 aromatic rings. The van der Waals surface area contributed by atoms with Crippen LogP contribution in [0, 0.1) is 0 Å². The predicted octanol–water partition coefficient (Wildman–Crippen LogP) is 0.193. The molecule has 0 unspecified atom stereocenters. The molecule has 0 spiro atoms. The van der Waals surface area contributed by atoms with Gasteiger partial charge in [0, 0.05) is 33.8 Å². The van der Waals surface area contributed by atoms with E-state index in [-0.39, 0.29) is 18.7 Å². The second-order valence-corrected chi connectivity index (χ2v) is 4.49. The third kappa shape index (κ3) is 2.43. The second kappa shape index (κ2) is 5.44. The summed E-state index contributed by atoms with van der Waals surface area (Å²) >= 11 is 0. The van der Waals surface area contributed by atoms with Crippen LogP contribution in [0.5, 0.6) is 0 Å². The average molecular weight is 284 g/mol. The Morgan fingerprint density at radius 1 is 1.45 bits per heavy atom. The monoisotopic (exact) mass is 284 g/mol. The summed E-state index contributed by atoms with van der Waals surface area (Å²) in [7, 11) is 0. The van der Waals surface area contributed by atoms with Crippen LogP contribution in [0.2, 0.25) is 0 Å². The van der Waals surface area contributed by atoms with E-state index < -0.39 is 42.7 Å². The number of rotatable bonds is 5. The van der Waals surface area contributed by atoms with Crippen LogP contribution in [-0.4, -0.2) is 24.5 Å². The topological polar surface area (TPSA) is 78.9 Å². The first-order valence-corrected chi connectivity index (χ1v) is 6.05. The van der Waals surface area contributed by atoms with Gasteiger partial charge in [-0.05, 0) is 19.8 Å². The van der Waals surface area contributed by atoms with Crippen molar-refractivity contribution >= 4 is 16.9 Å². The third-order valence-electron chi connectivity index (χ3n) is 2.96. The first-order chi connectivity index (χ1) is 12.0. The average Bonchev–Trinajstić information content (AvgIpc) is 2.82. The summed E-state index contributed by atoms with van der Waals surface area (Å²) in [6, 6.07) is 0.